The predicted molar refractivity (Wildman–Crippen MR) is 76.0 cm³/mol. The fourth-order valence-corrected chi connectivity index (χ4v) is 3.55. The van der Waals surface area contributed by atoms with Gasteiger partial charge in [-0.2, -0.15) is 0 Å². The SMILES string of the molecule is CCC1(CC)CC(CN)(c2cccc(OC)c2)C1. The Balaban J connectivity index is 2.25. The lowest BCUT2D eigenvalue weighted by Crippen LogP contribution is -2.53. The summed E-state index contributed by atoms with van der Waals surface area (Å²) in [5.41, 5.74) is 8.13. The van der Waals surface area contributed by atoms with E-state index in [1.54, 1.807) is 7.11 Å². The van der Waals surface area contributed by atoms with Gasteiger partial charge in [0.2, 0.25) is 0 Å². The van der Waals surface area contributed by atoms with Crippen molar-refractivity contribution in [2.75, 3.05) is 13.7 Å². The van der Waals surface area contributed by atoms with Crippen molar-refractivity contribution < 1.29 is 4.74 Å². The van der Waals surface area contributed by atoms with Crippen LogP contribution in [0.15, 0.2) is 24.3 Å². The van der Waals surface area contributed by atoms with Gasteiger partial charge in [0, 0.05) is 12.0 Å². The second-order valence-corrected chi connectivity index (χ2v) is 5.78. The molecule has 0 heterocycles. The van der Waals surface area contributed by atoms with Crippen LogP contribution in [0.3, 0.4) is 0 Å². The van der Waals surface area contributed by atoms with Crippen molar-refractivity contribution >= 4 is 0 Å². The van der Waals surface area contributed by atoms with E-state index in [4.69, 9.17) is 10.5 Å². The highest BCUT2D eigenvalue weighted by Crippen LogP contribution is 2.58. The third-order valence-electron chi connectivity index (χ3n) is 5.00. The predicted octanol–water partition coefficient (Wildman–Crippen LogP) is 3.49. The third kappa shape index (κ3) is 2.03. The molecule has 1 aliphatic rings. The molecule has 2 rings (SSSR count). The third-order valence-corrected chi connectivity index (χ3v) is 5.00. The number of methoxy groups -OCH3 is 1. The molecule has 18 heavy (non-hydrogen) atoms. The molecule has 1 fully saturated rings. The summed E-state index contributed by atoms with van der Waals surface area (Å²) in [7, 11) is 1.72. The van der Waals surface area contributed by atoms with Crippen molar-refractivity contribution in [1.29, 1.82) is 0 Å². The Bertz CT molecular complexity index is 401. The minimum Gasteiger partial charge on any atom is -0.497 e. The highest BCUT2D eigenvalue weighted by molar-refractivity contribution is 5.37. The Morgan fingerprint density at radius 3 is 2.39 bits per heavy atom. The number of hydrogen-bond donors (Lipinski definition) is 1. The normalized spacial score (nSPS) is 20.2. The Morgan fingerprint density at radius 2 is 1.89 bits per heavy atom. The van der Waals surface area contributed by atoms with Crippen LogP contribution in [-0.4, -0.2) is 13.7 Å². The Kier molecular flexibility index (Phi) is 3.67. The van der Waals surface area contributed by atoms with Crippen molar-refractivity contribution in [3.05, 3.63) is 29.8 Å². The van der Waals surface area contributed by atoms with E-state index < -0.39 is 0 Å². The fourth-order valence-electron chi connectivity index (χ4n) is 3.55. The molecule has 1 aromatic carbocycles. The molecule has 0 saturated heterocycles. The molecule has 0 atom stereocenters. The van der Waals surface area contributed by atoms with Crippen molar-refractivity contribution in [1.82, 2.24) is 0 Å². The first-order valence-corrected chi connectivity index (χ1v) is 6.98. The zero-order chi connectivity index (χ0) is 13.2. The van der Waals surface area contributed by atoms with E-state index >= 15 is 0 Å². The number of nitrogens with two attached hydrogens (primary N) is 1. The van der Waals surface area contributed by atoms with E-state index in [0.29, 0.717) is 5.41 Å². The number of ether oxygens (including phenoxy) is 1. The molecule has 1 saturated carbocycles. The van der Waals surface area contributed by atoms with Crippen LogP contribution >= 0.6 is 0 Å². The van der Waals surface area contributed by atoms with Gasteiger partial charge in [-0.25, -0.2) is 0 Å². The second kappa shape index (κ2) is 4.93. The summed E-state index contributed by atoms with van der Waals surface area (Å²) in [5.74, 6) is 0.936. The van der Waals surface area contributed by atoms with Crippen LogP contribution in [0.4, 0.5) is 0 Å². The van der Waals surface area contributed by atoms with Crippen molar-refractivity contribution in [2.24, 2.45) is 11.1 Å². The van der Waals surface area contributed by atoms with E-state index in [9.17, 15) is 0 Å². The maximum atomic E-state index is 6.08. The van der Waals surface area contributed by atoms with Crippen LogP contribution in [0.5, 0.6) is 5.75 Å². The van der Waals surface area contributed by atoms with Gasteiger partial charge in [0.05, 0.1) is 7.11 Å². The molecule has 0 amide bonds. The Labute approximate surface area is 111 Å². The largest absolute Gasteiger partial charge is 0.497 e. The molecule has 0 aliphatic heterocycles. The zero-order valence-electron chi connectivity index (χ0n) is 11.8. The average molecular weight is 247 g/mol. The second-order valence-electron chi connectivity index (χ2n) is 5.78. The van der Waals surface area contributed by atoms with E-state index in [2.05, 4.69) is 32.0 Å². The van der Waals surface area contributed by atoms with Crippen LogP contribution in [0.1, 0.15) is 45.1 Å². The number of benzene rings is 1. The summed E-state index contributed by atoms with van der Waals surface area (Å²) in [6.45, 7) is 5.34. The summed E-state index contributed by atoms with van der Waals surface area (Å²) < 4.78 is 5.33. The lowest BCUT2D eigenvalue weighted by Gasteiger charge is -2.56. The first-order chi connectivity index (χ1) is 8.63. The molecule has 1 aliphatic carbocycles. The van der Waals surface area contributed by atoms with Crippen LogP contribution < -0.4 is 10.5 Å². The molecule has 2 heteroatoms. The average Bonchev–Trinajstić information content (AvgIpc) is 2.40. The highest BCUT2D eigenvalue weighted by atomic mass is 16.5. The first-order valence-electron chi connectivity index (χ1n) is 6.98. The van der Waals surface area contributed by atoms with Crippen molar-refractivity contribution in [3.63, 3.8) is 0 Å². The van der Waals surface area contributed by atoms with Gasteiger partial charge in [0.15, 0.2) is 0 Å². The van der Waals surface area contributed by atoms with E-state index in [1.807, 2.05) is 6.07 Å². The maximum Gasteiger partial charge on any atom is 0.119 e. The van der Waals surface area contributed by atoms with Gasteiger partial charge in [0.1, 0.15) is 5.75 Å². The molecule has 2 nitrogen and oxygen atoms in total. The minimum atomic E-state index is 0.181. The molecule has 0 aromatic heterocycles. The molecule has 0 spiro atoms. The smallest absolute Gasteiger partial charge is 0.119 e. The molecule has 0 radical (unpaired) electrons. The molecule has 2 N–H and O–H groups in total. The minimum absolute atomic E-state index is 0.181. The van der Waals surface area contributed by atoms with Crippen LogP contribution in [0, 0.1) is 5.41 Å². The summed E-state index contributed by atoms with van der Waals surface area (Å²) >= 11 is 0. The summed E-state index contributed by atoms with van der Waals surface area (Å²) in [6, 6.07) is 8.43. The van der Waals surface area contributed by atoms with Crippen molar-refractivity contribution in [2.45, 2.75) is 44.9 Å². The molecule has 100 valence electrons. The maximum absolute atomic E-state index is 6.08. The van der Waals surface area contributed by atoms with Gasteiger partial charge in [-0.15, -0.1) is 0 Å². The lowest BCUT2D eigenvalue weighted by atomic mass is 9.48. The molecular formula is C16H25NO. The van der Waals surface area contributed by atoms with E-state index in [0.717, 1.165) is 12.3 Å². The summed E-state index contributed by atoms with van der Waals surface area (Å²) in [5, 5.41) is 0. The zero-order valence-corrected chi connectivity index (χ0v) is 11.8. The van der Waals surface area contributed by atoms with E-state index in [1.165, 1.54) is 31.2 Å². The van der Waals surface area contributed by atoms with E-state index in [-0.39, 0.29) is 5.41 Å². The molecule has 1 aromatic rings. The fraction of sp³-hybridized carbons (Fsp3) is 0.625. The molecular weight excluding hydrogens is 222 g/mol. The monoisotopic (exact) mass is 247 g/mol. The summed E-state index contributed by atoms with van der Waals surface area (Å²) in [4.78, 5) is 0. The molecule has 0 unspecified atom stereocenters. The highest BCUT2D eigenvalue weighted by Gasteiger charge is 2.52. The quantitative estimate of drug-likeness (QED) is 0.864. The van der Waals surface area contributed by atoms with Gasteiger partial charge in [-0.3, -0.25) is 0 Å². The van der Waals surface area contributed by atoms with Gasteiger partial charge < -0.3 is 10.5 Å². The van der Waals surface area contributed by atoms with Crippen molar-refractivity contribution in [3.8, 4) is 5.75 Å². The van der Waals surface area contributed by atoms with Gasteiger partial charge in [-0.1, -0.05) is 38.8 Å². The Morgan fingerprint density at radius 1 is 1.22 bits per heavy atom. The number of hydrogen-bond acceptors (Lipinski definition) is 2. The summed E-state index contributed by atoms with van der Waals surface area (Å²) in [6.07, 6.45) is 4.96. The topological polar surface area (TPSA) is 35.2 Å². The van der Waals surface area contributed by atoms with Crippen LogP contribution in [0.2, 0.25) is 0 Å². The number of rotatable bonds is 5. The van der Waals surface area contributed by atoms with Gasteiger partial charge >= 0.3 is 0 Å². The van der Waals surface area contributed by atoms with Gasteiger partial charge in [0.25, 0.3) is 0 Å². The Hall–Kier alpha value is -1.02. The van der Waals surface area contributed by atoms with Crippen LogP contribution in [-0.2, 0) is 5.41 Å². The van der Waals surface area contributed by atoms with Gasteiger partial charge in [-0.05, 0) is 36.0 Å². The van der Waals surface area contributed by atoms with Crippen LogP contribution in [0.25, 0.3) is 0 Å². The standard InChI is InChI=1S/C16H25NO/c1-4-15(5-2)10-16(11-15,12-17)13-7-6-8-14(9-13)18-3/h6-9H,4-5,10-12,17H2,1-3H3. The lowest BCUT2D eigenvalue weighted by molar-refractivity contribution is 0.0182. The first kappa shape index (κ1) is 13.4. The molecule has 0 bridgehead atoms.